The average Bonchev–Trinajstić information content (AvgIpc) is 3.25. The summed E-state index contributed by atoms with van der Waals surface area (Å²) in [6.45, 7) is 12.0. The van der Waals surface area contributed by atoms with Crippen molar-refractivity contribution in [2.45, 2.75) is 138 Å². The third kappa shape index (κ3) is 13.5. The SMILES string of the molecule is CC(C)C(=O)CC1CCC1.CC(C)C(=O)CC1CCCC1.CC(C)C(=O)CC1CCCCC1. The van der Waals surface area contributed by atoms with Gasteiger partial charge in [0.25, 0.3) is 0 Å². The van der Waals surface area contributed by atoms with E-state index in [9.17, 15) is 14.4 Å². The first-order chi connectivity index (χ1) is 15.6. The number of Topliss-reactive ketones (excluding diaryl/α,β-unsaturated/α-hetero) is 3. The van der Waals surface area contributed by atoms with Crippen LogP contribution < -0.4 is 0 Å². The summed E-state index contributed by atoms with van der Waals surface area (Å²) in [4.78, 5) is 33.9. The van der Waals surface area contributed by atoms with Crippen molar-refractivity contribution in [3.05, 3.63) is 0 Å². The van der Waals surface area contributed by atoms with Crippen LogP contribution in [0.3, 0.4) is 0 Å². The van der Waals surface area contributed by atoms with Crippen LogP contribution in [0.1, 0.15) is 138 Å². The van der Waals surface area contributed by atoms with E-state index in [-0.39, 0.29) is 17.8 Å². The Bertz CT molecular complexity index is 559. The van der Waals surface area contributed by atoms with Crippen LogP contribution in [0, 0.1) is 35.5 Å². The van der Waals surface area contributed by atoms with E-state index in [1.807, 2.05) is 41.5 Å². The van der Waals surface area contributed by atoms with Crippen molar-refractivity contribution in [1.82, 2.24) is 0 Å². The number of carbonyl (C=O) groups is 3. The van der Waals surface area contributed by atoms with E-state index < -0.39 is 0 Å². The molecule has 33 heavy (non-hydrogen) atoms. The Kier molecular flexibility index (Phi) is 15.1. The van der Waals surface area contributed by atoms with Gasteiger partial charge in [0, 0.05) is 37.0 Å². The van der Waals surface area contributed by atoms with E-state index in [1.165, 1.54) is 77.0 Å². The zero-order chi connectivity index (χ0) is 24.8. The van der Waals surface area contributed by atoms with Crippen molar-refractivity contribution < 1.29 is 14.4 Å². The molecule has 0 aromatic rings. The molecule has 192 valence electrons. The fourth-order valence-corrected chi connectivity index (χ4v) is 4.86. The highest BCUT2D eigenvalue weighted by atomic mass is 16.1. The second kappa shape index (κ2) is 16.6. The van der Waals surface area contributed by atoms with E-state index >= 15 is 0 Å². The van der Waals surface area contributed by atoms with Gasteiger partial charge in [-0.05, 0) is 17.8 Å². The Balaban J connectivity index is 0.000000249. The van der Waals surface area contributed by atoms with Crippen LogP contribution in [0.25, 0.3) is 0 Å². The van der Waals surface area contributed by atoms with Gasteiger partial charge in [0.2, 0.25) is 0 Å². The van der Waals surface area contributed by atoms with Crippen molar-refractivity contribution in [2.24, 2.45) is 35.5 Å². The van der Waals surface area contributed by atoms with Crippen LogP contribution >= 0.6 is 0 Å². The molecule has 0 radical (unpaired) electrons. The zero-order valence-corrected chi connectivity index (χ0v) is 22.8. The van der Waals surface area contributed by atoms with E-state index in [4.69, 9.17) is 0 Å². The van der Waals surface area contributed by atoms with Gasteiger partial charge in [0.1, 0.15) is 17.3 Å². The molecular formula is C30H54O3. The van der Waals surface area contributed by atoms with Gasteiger partial charge in [-0.1, -0.05) is 119 Å². The predicted molar refractivity (Wildman–Crippen MR) is 139 cm³/mol. The molecule has 0 atom stereocenters. The first-order valence-corrected chi connectivity index (χ1v) is 14.2. The van der Waals surface area contributed by atoms with Crippen LogP contribution in [-0.4, -0.2) is 17.3 Å². The summed E-state index contributed by atoms with van der Waals surface area (Å²) in [6.07, 6.45) is 18.4. The highest BCUT2D eigenvalue weighted by Gasteiger charge is 2.22. The van der Waals surface area contributed by atoms with Gasteiger partial charge < -0.3 is 0 Å². The third-order valence-electron chi connectivity index (χ3n) is 7.83. The standard InChI is InChI=1S/C11H20O.C10H18O.C9H16O/c1-9(2)11(12)8-10-6-4-3-5-7-10;1-8(2)10(11)7-9-5-3-4-6-9;1-7(2)9(10)6-8-4-3-5-8/h9-10H,3-8H2,1-2H3;8-9H,3-7H2,1-2H3;7-8H,3-6H2,1-2H3. The molecule has 0 spiro atoms. The molecule has 3 aliphatic carbocycles. The Labute approximate surface area is 205 Å². The molecule has 0 bridgehead atoms. The topological polar surface area (TPSA) is 51.2 Å². The van der Waals surface area contributed by atoms with Gasteiger partial charge in [-0.25, -0.2) is 0 Å². The molecule has 0 unspecified atom stereocenters. The summed E-state index contributed by atoms with van der Waals surface area (Å²) in [5, 5.41) is 0. The second-order valence-corrected chi connectivity index (χ2v) is 11.9. The summed E-state index contributed by atoms with van der Waals surface area (Å²) >= 11 is 0. The molecule has 0 heterocycles. The highest BCUT2D eigenvalue weighted by molar-refractivity contribution is 5.81. The molecule has 0 saturated heterocycles. The van der Waals surface area contributed by atoms with E-state index in [2.05, 4.69) is 0 Å². The molecule has 0 aromatic carbocycles. The minimum Gasteiger partial charge on any atom is -0.299 e. The monoisotopic (exact) mass is 462 g/mol. The molecule has 3 heteroatoms. The molecule has 3 nitrogen and oxygen atoms in total. The Morgan fingerprint density at radius 2 is 0.697 bits per heavy atom. The summed E-state index contributed by atoms with van der Waals surface area (Å²) in [7, 11) is 0. The first kappa shape index (κ1) is 30.0. The molecule has 0 aromatic heterocycles. The summed E-state index contributed by atoms with van der Waals surface area (Å²) in [6, 6.07) is 0. The maximum atomic E-state index is 11.4. The number of hydrogen-bond donors (Lipinski definition) is 0. The summed E-state index contributed by atoms with van der Waals surface area (Å²) < 4.78 is 0. The summed E-state index contributed by atoms with van der Waals surface area (Å²) in [5.41, 5.74) is 0. The molecule has 3 aliphatic rings. The largest absolute Gasteiger partial charge is 0.299 e. The maximum Gasteiger partial charge on any atom is 0.135 e. The van der Waals surface area contributed by atoms with Crippen molar-refractivity contribution >= 4 is 17.3 Å². The number of hydrogen-bond acceptors (Lipinski definition) is 3. The van der Waals surface area contributed by atoms with E-state index in [0.717, 1.165) is 31.1 Å². The van der Waals surface area contributed by atoms with E-state index in [1.54, 1.807) is 0 Å². The Morgan fingerprint density at radius 3 is 0.909 bits per heavy atom. The fraction of sp³-hybridized carbons (Fsp3) is 0.900. The number of carbonyl (C=O) groups excluding carboxylic acids is 3. The molecule has 3 fully saturated rings. The molecular weight excluding hydrogens is 408 g/mol. The lowest BCUT2D eigenvalue weighted by Gasteiger charge is -2.24. The number of rotatable bonds is 9. The molecule has 0 aliphatic heterocycles. The van der Waals surface area contributed by atoms with Crippen LogP contribution in [0.15, 0.2) is 0 Å². The van der Waals surface area contributed by atoms with Gasteiger partial charge in [-0.3, -0.25) is 14.4 Å². The fourth-order valence-electron chi connectivity index (χ4n) is 4.86. The highest BCUT2D eigenvalue weighted by Crippen LogP contribution is 2.30. The minimum absolute atomic E-state index is 0.243. The predicted octanol–water partition coefficient (Wildman–Crippen LogP) is 8.38. The summed E-state index contributed by atoms with van der Waals surface area (Å²) in [5.74, 6) is 4.29. The molecule has 3 rings (SSSR count). The van der Waals surface area contributed by atoms with Gasteiger partial charge in [0.15, 0.2) is 0 Å². The maximum absolute atomic E-state index is 11.4. The van der Waals surface area contributed by atoms with Crippen molar-refractivity contribution in [2.75, 3.05) is 0 Å². The third-order valence-corrected chi connectivity index (χ3v) is 7.83. The lowest BCUT2D eigenvalue weighted by Crippen LogP contribution is -2.18. The van der Waals surface area contributed by atoms with Gasteiger partial charge in [-0.2, -0.15) is 0 Å². The van der Waals surface area contributed by atoms with Crippen LogP contribution in [0.5, 0.6) is 0 Å². The molecule has 0 N–H and O–H groups in total. The van der Waals surface area contributed by atoms with Crippen molar-refractivity contribution in [1.29, 1.82) is 0 Å². The van der Waals surface area contributed by atoms with Crippen LogP contribution in [-0.2, 0) is 14.4 Å². The minimum atomic E-state index is 0.243. The van der Waals surface area contributed by atoms with Gasteiger partial charge >= 0.3 is 0 Å². The smallest absolute Gasteiger partial charge is 0.135 e. The Hall–Kier alpha value is -0.990. The number of ketones is 3. The van der Waals surface area contributed by atoms with Crippen LogP contribution in [0.4, 0.5) is 0 Å². The van der Waals surface area contributed by atoms with Gasteiger partial charge in [-0.15, -0.1) is 0 Å². The lowest BCUT2D eigenvalue weighted by molar-refractivity contribution is -0.124. The zero-order valence-electron chi connectivity index (χ0n) is 22.8. The van der Waals surface area contributed by atoms with Crippen molar-refractivity contribution in [3.63, 3.8) is 0 Å². The first-order valence-electron chi connectivity index (χ1n) is 14.2. The van der Waals surface area contributed by atoms with Crippen molar-refractivity contribution in [3.8, 4) is 0 Å². The van der Waals surface area contributed by atoms with Crippen LogP contribution in [0.2, 0.25) is 0 Å². The quantitative estimate of drug-likeness (QED) is 0.346. The lowest BCUT2D eigenvalue weighted by atomic mass is 9.80. The average molecular weight is 463 g/mol. The second-order valence-electron chi connectivity index (χ2n) is 11.9. The molecule has 0 amide bonds. The van der Waals surface area contributed by atoms with Gasteiger partial charge in [0.05, 0.1) is 0 Å². The molecule has 3 saturated carbocycles. The normalized spacial score (nSPS) is 19.5. The Morgan fingerprint density at radius 1 is 0.455 bits per heavy atom. The van der Waals surface area contributed by atoms with E-state index in [0.29, 0.717) is 23.3 Å².